The van der Waals surface area contributed by atoms with Crippen molar-refractivity contribution >= 4 is 12.4 Å². The maximum atomic E-state index is 10.2. The second kappa shape index (κ2) is 11.0. The summed E-state index contributed by atoms with van der Waals surface area (Å²) < 4.78 is 0. The predicted octanol–water partition coefficient (Wildman–Crippen LogP) is 2.34. The van der Waals surface area contributed by atoms with Crippen molar-refractivity contribution in [3.8, 4) is 0 Å². The van der Waals surface area contributed by atoms with Crippen LogP contribution in [0.25, 0.3) is 0 Å². The molecule has 4 N–H and O–H groups in total. The van der Waals surface area contributed by atoms with Crippen LogP contribution in [0, 0.1) is 11.3 Å². The maximum absolute atomic E-state index is 10.2. The van der Waals surface area contributed by atoms with Gasteiger partial charge in [-0.2, -0.15) is 0 Å². The highest BCUT2D eigenvalue weighted by Crippen LogP contribution is 2.22. The van der Waals surface area contributed by atoms with E-state index in [1.807, 2.05) is 0 Å². The van der Waals surface area contributed by atoms with Gasteiger partial charge in [-0.15, -0.1) is 0 Å². The molecule has 0 aromatic rings. The summed E-state index contributed by atoms with van der Waals surface area (Å²) in [5.41, 5.74) is 4.36. The van der Waals surface area contributed by atoms with Crippen molar-refractivity contribution in [1.82, 2.24) is 0 Å². The molecule has 108 valence electrons. The van der Waals surface area contributed by atoms with Crippen LogP contribution in [0.2, 0.25) is 0 Å². The average molecular weight is 261 g/mol. The number of carboxylic acid groups (broad SMARTS) is 2. The second-order valence-electron chi connectivity index (χ2n) is 5.24. The third kappa shape index (κ3) is 11.4. The summed E-state index contributed by atoms with van der Waals surface area (Å²) in [6.07, 6.45) is 7.44. The molecule has 1 aliphatic rings. The van der Waals surface area contributed by atoms with Crippen LogP contribution in [0.3, 0.4) is 0 Å². The maximum Gasteiger partial charge on any atom is 0.310 e. The molecule has 0 heterocycles. The van der Waals surface area contributed by atoms with Gasteiger partial charge >= 0.3 is 5.97 Å². The highest BCUT2D eigenvalue weighted by molar-refractivity contribution is 5.73. The Balaban J connectivity index is 0. The van der Waals surface area contributed by atoms with Gasteiger partial charge in [-0.1, -0.05) is 39.0 Å². The Bertz CT molecular complexity index is 223. The molecule has 0 aromatic heterocycles. The molecule has 1 aliphatic carbocycles. The van der Waals surface area contributed by atoms with E-state index in [-0.39, 0.29) is 13.0 Å². The fourth-order valence-electron chi connectivity index (χ4n) is 1.39. The van der Waals surface area contributed by atoms with Crippen molar-refractivity contribution in [2.45, 2.75) is 52.9 Å². The molecule has 0 aliphatic heterocycles. The van der Waals surface area contributed by atoms with E-state index in [2.05, 4.69) is 6.92 Å². The summed E-state index contributed by atoms with van der Waals surface area (Å²) in [7, 11) is 0. The molecule has 0 spiro atoms. The molecule has 0 amide bonds. The molecule has 1 fully saturated rings. The van der Waals surface area contributed by atoms with Gasteiger partial charge in [-0.25, -0.2) is 0 Å². The summed E-state index contributed by atoms with van der Waals surface area (Å²) in [4.78, 5) is 18.5. The summed E-state index contributed by atoms with van der Waals surface area (Å²) in [6.45, 7) is 5.48. The second-order valence-corrected chi connectivity index (χ2v) is 5.24. The van der Waals surface area contributed by atoms with Gasteiger partial charge in [-0.05, 0) is 19.8 Å². The van der Waals surface area contributed by atoms with Crippen LogP contribution in [-0.2, 0) is 9.59 Å². The predicted molar refractivity (Wildman–Crippen MR) is 71.4 cm³/mol. The molecular weight excluding hydrogens is 234 g/mol. The number of carbonyl (C=O) groups is 2. The van der Waals surface area contributed by atoms with Crippen LogP contribution in [0.1, 0.15) is 52.9 Å². The van der Waals surface area contributed by atoms with Crippen molar-refractivity contribution in [1.29, 1.82) is 0 Å². The van der Waals surface area contributed by atoms with Crippen LogP contribution >= 0.6 is 0 Å². The fourth-order valence-corrected chi connectivity index (χ4v) is 1.39. The normalized spacial score (nSPS) is 15.6. The Morgan fingerprint density at radius 3 is 1.83 bits per heavy atom. The lowest BCUT2D eigenvalue weighted by atomic mass is 9.91. The Labute approximate surface area is 109 Å². The monoisotopic (exact) mass is 261 g/mol. The zero-order chi connectivity index (χ0) is 14.6. The van der Waals surface area contributed by atoms with Crippen molar-refractivity contribution in [3.05, 3.63) is 0 Å². The highest BCUT2D eigenvalue weighted by Gasteiger charge is 2.24. The van der Waals surface area contributed by atoms with Crippen LogP contribution in [0.5, 0.6) is 0 Å². The highest BCUT2D eigenvalue weighted by atomic mass is 16.4. The van der Waals surface area contributed by atoms with Gasteiger partial charge in [0, 0.05) is 6.54 Å². The largest absolute Gasteiger partial charge is 0.483 e. The molecule has 0 aromatic carbocycles. The van der Waals surface area contributed by atoms with Gasteiger partial charge in [-0.3, -0.25) is 9.59 Å². The molecule has 0 unspecified atom stereocenters. The molecule has 18 heavy (non-hydrogen) atoms. The van der Waals surface area contributed by atoms with Crippen molar-refractivity contribution < 1.29 is 19.8 Å². The van der Waals surface area contributed by atoms with E-state index in [0.717, 1.165) is 5.92 Å². The molecule has 5 nitrogen and oxygen atoms in total. The molecule has 1 rings (SSSR count). The Kier molecular flexibility index (Phi) is 11.8. The number of rotatable bonds is 2. The third-order valence-electron chi connectivity index (χ3n) is 2.98. The first-order chi connectivity index (χ1) is 8.31. The van der Waals surface area contributed by atoms with Crippen molar-refractivity contribution in [2.24, 2.45) is 17.1 Å². The molecule has 0 bridgehead atoms. The Hall–Kier alpha value is -1.10. The lowest BCUT2D eigenvalue weighted by molar-refractivity contribution is -0.146. The number of hydrogen-bond donors (Lipinski definition) is 3. The van der Waals surface area contributed by atoms with Gasteiger partial charge in [0.05, 0.1) is 5.41 Å². The van der Waals surface area contributed by atoms with Gasteiger partial charge in [0.25, 0.3) is 6.47 Å². The van der Waals surface area contributed by atoms with Gasteiger partial charge < -0.3 is 15.9 Å². The van der Waals surface area contributed by atoms with E-state index in [9.17, 15) is 4.79 Å². The fraction of sp³-hybridized carbons (Fsp3) is 0.846. The van der Waals surface area contributed by atoms with E-state index in [1.165, 1.54) is 32.1 Å². The lowest BCUT2D eigenvalue weighted by Crippen LogP contribution is -2.32. The minimum Gasteiger partial charge on any atom is -0.483 e. The van der Waals surface area contributed by atoms with Crippen LogP contribution in [-0.4, -0.2) is 29.2 Å². The van der Waals surface area contributed by atoms with Gasteiger partial charge in [0.1, 0.15) is 0 Å². The molecule has 0 saturated heterocycles. The summed E-state index contributed by atoms with van der Waals surface area (Å²) in [6, 6.07) is 0. The number of aliphatic carboxylic acids is 1. The average Bonchev–Trinajstić information content (AvgIpc) is 2.31. The standard InChI is InChI=1S/C7H14.C5H11NO2.CH2O2/c1-7-5-3-2-4-6-7;1-5(2,3-6)4(7)8;2-1-3/h7H,2-6H2,1H3;3,6H2,1-2H3,(H,7,8);1H,(H,2,3). The number of nitrogens with two attached hydrogens (primary N) is 1. The van der Waals surface area contributed by atoms with Crippen molar-refractivity contribution in [3.63, 3.8) is 0 Å². The quantitative estimate of drug-likeness (QED) is 0.662. The van der Waals surface area contributed by atoms with Gasteiger partial charge in [0.2, 0.25) is 0 Å². The van der Waals surface area contributed by atoms with Crippen LogP contribution < -0.4 is 5.73 Å². The first kappa shape index (κ1) is 19.2. The minimum atomic E-state index is -0.847. The summed E-state index contributed by atoms with van der Waals surface area (Å²) in [5.74, 6) is 0.189. The molecule has 0 radical (unpaired) electrons. The third-order valence-corrected chi connectivity index (χ3v) is 2.98. The molecule has 0 atom stereocenters. The van der Waals surface area contributed by atoms with Crippen LogP contribution in [0.15, 0.2) is 0 Å². The zero-order valence-electron chi connectivity index (χ0n) is 11.7. The molecular formula is C13H27NO4. The minimum absolute atomic E-state index is 0.183. The first-order valence-corrected chi connectivity index (χ1v) is 6.33. The molecule has 1 saturated carbocycles. The SMILES string of the molecule is CC(C)(CN)C(=O)O.CC1CCCCC1.O=CO. The topological polar surface area (TPSA) is 101 Å². The van der Waals surface area contributed by atoms with E-state index >= 15 is 0 Å². The summed E-state index contributed by atoms with van der Waals surface area (Å²) >= 11 is 0. The van der Waals surface area contributed by atoms with E-state index in [0.29, 0.717) is 0 Å². The van der Waals surface area contributed by atoms with Crippen LogP contribution in [0.4, 0.5) is 0 Å². The first-order valence-electron chi connectivity index (χ1n) is 6.33. The Morgan fingerprint density at radius 2 is 1.72 bits per heavy atom. The van der Waals surface area contributed by atoms with E-state index in [1.54, 1.807) is 13.8 Å². The molecule has 5 heteroatoms. The Morgan fingerprint density at radius 1 is 1.33 bits per heavy atom. The summed E-state index contributed by atoms with van der Waals surface area (Å²) in [5, 5.41) is 15.3. The zero-order valence-corrected chi connectivity index (χ0v) is 11.7. The van der Waals surface area contributed by atoms with E-state index in [4.69, 9.17) is 20.7 Å². The van der Waals surface area contributed by atoms with E-state index < -0.39 is 11.4 Å². The smallest absolute Gasteiger partial charge is 0.310 e. The number of carboxylic acids is 1. The lowest BCUT2D eigenvalue weighted by Gasteiger charge is -2.15. The van der Waals surface area contributed by atoms with Crippen molar-refractivity contribution in [2.75, 3.05) is 6.54 Å². The van der Waals surface area contributed by atoms with Gasteiger partial charge in [0.15, 0.2) is 0 Å². The number of hydrogen-bond acceptors (Lipinski definition) is 3.